The minimum absolute atomic E-state index is 0.184. The average molecular weight is 374 g/mol. The zero-order valence-electron chi connectivity index (χ0n) is 14.9. The molecule has 140 valence electrons. The molecule has 3 N–H and O–H groups in total. The predicted octanol–water partition coefficient (Wildman–Crippen LogP) is 3.57. The second-order valence-corrected chi connectivity index (χ2v) is 6.05. The number of aromatic carboxylic acids is 1. The van der Waals surface area contributed by atoms with Crippen molar-refractivity contribution in [3.8, 4) is 0 Å². The van der Waals surface area contributed by atoms with Gasteiger partial charge in [-0.1, -0.05) is 42.5 Å². The van der Waals surface area contributed by atoms with E-state index in [4.69, 9.17) is 5.11 Å². The number of amides is 2. The molecule has 6 nitrogen and oxygen atoms in total. The number of hydrogen-bond donors (Lipinski definition) is 3. The smallest absolute Gasteiger partial charge is 0.335 e. The number of benzene rings is 3. The van der Waals surface area contributed by atoms with Gasteiger partial charge >= 0.3 is 5.97 Å². The standard InChI is InChI=1S/C22H18N2O4/c25-20(16-6-2-1-3-7-16)24-19-9-5-4-8-18(19)21(26)23-14-15-10-12-17(13-11-15)22(27)28/h1-13H,14H2,(H,23,26)(H,24,25)(H,27,28). The fourth-order valence-electron chi connectivity index (χ4n) is 2.62. The number of nitrogens with one attached hydrogen (secondary N) is 2. The molecule has 0 saturated heterocycles. The molecule has 0 heterocycles. The fraction of sp³-hybridized carbons (Fsp3) is 0.0455. The van der Waals surface area contributed by atoms with Crippen LogP contribution in [-0.4, -0.2) is 22.9 Å². The van der Waals surface area contributed by atoms with Gasteiger partial charge in [-0.25, -0.2) is 4.79 Å². The summed E-state index contributed by atoms with van der Waals surface area (Å²) >= 11 is 0. The first-order chi connectivity index (χ1) is 13.5. The molecule has 0 aliphatic heterocycles. The first-order valence-electron chi connectivity index (χ1n) is 8.60. The highest BCUT2D eigenvalue weighted by atomic mass is 16.4. The number of rotatable bonds is 6. The first kappa shape index (κ1) is 18.8. The van der Waals surface area contributed by atoms with Crippen LogP contribution in [0.3, 0.4) is 0 Å². The van der Waals surface area contributed by atoms with E-state index in [1.54, 1.807) is 60.7 Å². The van der Waals surface area contributed by atoms with Crippen LogP contribution >= 0.6 is 0 Å². The van der Waals surface area contributed by atoms with Crippen molar-refractivity contribution in [2.75, 3.05) is 5.32 Å². The van der Waals surface area contributed by atoms with Crippen molar-refractivity contribution in [2.24, 2.45) is 0 Å². The molecule has 28 heavy (non-hydrogen) atoms. The van der Waals surface area contributed by atoms with Crippen molar-refractivity contribution in [1.29, 1.82) is 0 Å². The van der Waals surface area contributed by atoms with Gasteiger partial charge in [0.15, 0.2) is 0 Å². The van der Waals surface area contributed by atoms with Crippen LogP contribution in [0.4, 0.5) is 5.69 Å². The Hall–Kier alpha value is -3.93. The minimum Gasteiger partial charge on any atom is -0.478 e. The lowest BCUT2D eigenvalue weighted by molar-refractivity contribution is 0.0696. The van der Waals surface area contributed by atoms with Crippen molar-refractivity contribution in [3.63, 3.8) is 0 Å². The maximum absolute atomic E-state index is 12.6. The lowest BCUT2D eigenvalue weighted by Crippen LogP contribution is -2.25. The molecule has 0 fully saturated rings. The normalized spacial score (nSPS) is 10.1. The Morgan fingerprint density at radius 1 is 0.714 bits per heavy atom. The van der Waals surface area contributed by atoms with E-state index in [0.717, 1.165) is 5.56 Å². The van der Waals surface area contributed by atoms with Crippen molar-refractivity contribution < 1.29 is 19.5 Å². The van der Waals surface area contributed by atoms with Crippen LogP contribution in [0.15, 0.2) is 78.9 Å². The molecule has 0 atom stereocenters. The summed E-state index contributed by atoms with van der Waals surface area (Å²) in [6, 6.07) is 21.7. The zero-order chi connectivity index (χ0) is 19.9. The van der Waals surface area contributed by atoms with E-state index < -0.39 is 5.97 Å². The fourth-order valence-corrected chi connectivity index (χ4v) is 2.62. The van der Waals surface area contributed by atoms with Crippen molar-refractivity contribution in [2.45, 2.75) is 6.54 Å². The van der Waals surface area contributed by atoms with Gasteiger partial charge in [-0.15, -0.1) is 0 Å². The van der Waals surface area contributed by atoms with Gasteiger partial charge in [0, 0.05) is 12.1 Å². The van der Waals surface area contributed by atoms with Gasteiger partial charge < -0.3 is 15.7 Å². The molecule has 3 aromatic carbocycles. The Balaban J connectivity index is 1.68. The molecule has 0 aliphatic carbocycles. The van der Waals surface area contributed by atoms with E-state index in [2.05, 4.69) is 10.6 Å². The maximum Gasteiger partial charge on any atom is 0.335 e. The van der Waals surface area contributed by atoms with Gasteiger partial charge in [-0.05, 0) is 42.0 Å². The van der Waals surface area contributed by atoms with Crippen LogP contribution in [0.2, 0.25) is 0 Å². The number of carbonyl (C=O) groups excluding carboxylic acids is 2. The number of anilines is 1. The van der Waals surface area contributed by atoms with Gasteiger partial charge in [0.2, 0.25) is 0 Å². The SMILES string of the molecule is O=C(O)c1ccc(CNC(=O)c2ccccc2NC(=O)c2ccccc2)cc1. The van der Waals surface area contributed by atoms with E-state index >= 15 is 0 Å². The molecule has 0 aliphatic rings. The summed E-state index contributed by atoms with van der Waals surface area (Å²) in [4.78, 5) is 35.8. The molecule has 2 amide bonds. The second-order valence-electron chi connectivity index (χ2n) is 6.05. The highest BCUT2D eigenvalue weighted by Gasteiger charge is 2.14. The van der Waals surface area contributed by atoms with Crippen LogP contribution in [0.1, 0.15) is 36.6 Å². The third kappa shape index (κ3) is 4.62. The lowest BCUT2D eigenvalue weighted by Gasteiger charge is -2.12. The number of hydrogen-bond acceptors (Lipinski definition) is 3. The second kappa shape index (κ2) is 8.64. The van der Waals surface area contributed by atoms with Crippen molar-refractivity contribution in [1.82, 2.24) is 5.32 Å². The molecule has 0 spiro atoms. The van der Waals surface area contributed by atoms with Gasteiger partial charge in [0.05, 0.1) is 16.8 Å². The average Bonchev–Trinajstić information content (AvgIpc) is 2.73. The Morgan fingerprint density at radius 2 is 1.36 bits per heavy atom. The molecular formula is C22H18N2O4. The topological polar surface area (TPSA) is 95.5 Å². The summed E-state index contributed by atoms with van der Waals surface area (Å²) in [7, 11) is 0. The Morgan fingerprint density at radius 3 is 2.04 bits per heavy atom. The summed E-state index contributed by atoms with van der Waals surface area (Å²) in [6.07, 6.45) is 0. The highest BCUT2D eigenvalue weighted by Crippen LogP contribution is 2.16. The highest BCUT2D eigenvalue weighted by molar-refractivity contribution is 6.08. The van der Waals surface area contributed by atoms with Gasteiger partial charge in [-0.3, -0.25) is 9.59 Å². The number of para-hydroxylation sites is 1. The zero-order valence-corrected chi connectivity index (χ0v) is 14.9. The third-order valence-corrected chi connectivity index (χ3v) is 4.11. The third-order valence-electron chi connectivity index (χ3n) is 4.11. The van der Waals surface area contributed by atoms with Crippen LogP contribution < -0.4 is 10.6 Å². The molecule has 0 aromatic heterocycles. The predicted molar refractivity (Wildman–Crippen MR) is 105 cm³/mol. The molecule has 3 aromatic rings. The van der Waals surface area contributed by atoms with E-state index in [0.29, 0.717) is 16.8 Å². The molecule has 6 heteroatoms. The van der Waals surface area contributed by atoms with Gasteiger partial charge in [-0.2, -0.15) is 0 Å². The molecule has 3 rings (SSSR count). The van der Waals surface area contributed by atoms with E-state index in [-0.39, 0.29) is 23.9 Å². The number of carboxylic acids is 1. The van der Waals surface area contributed by atoms with Crippen molar-refractivity contribution in [3.05, 3.63) is 101 Å². The molecule has 0 unspecified atom stereocenters. The molecule has 0 radical (unpaired) electrons. The van der Waals surface area contributed by atoms with Crippen LogP contribution in [0.5, 0.6) is 0 Å². The Kier molecular flexibility index (Phi) is 5.81. The molecular weight excluding hydrogens is 356 g/mol. The summed E-state index contributed by atoms with van der Waals surface area (Å²) in [5.74, 6) is -1.64. The number of carboxylic acid groups (broad SMARTS) is 1. The van der Waals surface area contributed by atoms with E-state index in [9.17, 15) is 14.4 Å². The summed E-state index contributed by atoms with van der Waals surface area (Å²) < 4.78 is 0. The summed E-state index contributed by atoms with van der Waals surface area (Å²) in [6.45, 7) is 0.236. The largest absolute Gasteiger partial charge is 0.478 e. The maximum atomic E-state index is 12.6. The van der Waals surface area contributed by atoms with Gasteiger partial charge in [0.1, 0.15) is 0 Å². The molecule has 0 saturated carbocycles. The van der Waals surface area contributed by atoms with Crippen LogP contribution in [0.25, 0.3) is 0 Å². The van der Waals surface area contributed by atoms with E-state index in [1.165, 1.54) is 12.1 Å². The van der Waals surface area contributed by atoms with Crippen LogP contribution in [-0.2, 0) is 6.54 Å². The quantitative estimate of drug-likeness (QED) is 0.615. The van der Waals surface area contributed by atoms with Crippen molar-refractivity contribution >= 4 is 23.5 Å². The minimum atomic E-state index is -1.00. The van der Waals surface area contributed by atoms with E-state index in [1.807, 2.05) is 6.07 Å². The first-order valence-corrected chi connectivity index (χ1v) is 8.60. The summed E-state index contributed by atoms with van der Waals surface area (Å²) in [5, 5.41) is 14.5. The summed E-state index contributed by atoms with van der Waals surface area (Å²) in [5.41, 5.74) is 2.20. The van der Waals surface area contributed by atoms with Crippen LogP contribution in [0, 0.1) is 0 Å². The Labute approximate surface area is 161 Å². The lowest BCUT2D eigenvalue weighted by atomic mass is 10.1. The number of carbonyl (C=O) groups is 3. The Bertz CT molecular complexity index is 999. The van der Waals surface area contributed by atoms with Gasteiger partial charge in [0.25, 0.3) is 11.8 Å². The monoisotopic (exact) mass is 374 g/mol. The molecule has 0 bridgehead atoms.